The van der Waals surface area contributed by atoms with Gasteiger partial charge in [-0.05, 0) is 28.3 Å². The summed E-state index contributed by atoms with van der Waals surface area (Å²) in [5, 5.41) is 0. The van der Waals surface area contributed by atoms with Crippen molar-refractivity contribution < 1.29 is 4.90 Å². The number of hydrogen-bond donors (Lipinski definition) is 1. The first kappa shape index (κ1) is 18.7. The third-order valence-corrected chi connectivity index (χ3v) is 7.79. The van der Waals surface area contributed by atoms with Crippen LogP contribution in [0, 0.1) is 0 Å². The van der Waals surface area contributed by atoms with Crippen molar-refractivity contribution in [2.75, 3.05) is 26.4 Å². The van der Waals surface area contributed by atoms with Gasteiger partial charge >= 0.3 is 0 Å². The van der Waals surface area contributed by atoms with Crippen LogP contribution < -0.4 is 4.90 Å². The van der Waals surface area contributed by atoms with Gasteiger partial charge in [0.25, 0.3) is 0 Å². The molecule has 1 nitrogen and oxygen atoms in total. The van der Waals surface area contributed by atoms with E-state index >= 15 is 0 Å². The summed E-state index contributed by atoms with van der Waals surface area (Å²) in [6.45, 7) is 1.15. The van der Waals surface area contributed by atoms with Crippen LogP contribution in [0.3, 0.4) is 0 Å². The molecule has 0 fully saturated rings. The third kappa shape index (κ3) is 3.56. The molecule has 0 aromatic heterocycles. The van der Waals surface area contributed by atoms with Crippen LogP contribution in [0.15, 0.2) is 83.8 Å². The predicted octanol–water partition coefficient (Wildman–Crippen LogP) is 4.46. The highest BCUT2D eigenvalue weighted by Crippen LogP contribution is 2.54. The number of fused-ring (bicyclic) bond motifs is 2. The van der Waals surface area contributed by atoms with Crippen LogP contribution in [0.5, 0.6) is 0 Å². The van der Waals surface area contributed by atoms with E-state index in [-0.39, 0.29) is 4.75 Å². The molecule has 0 radical (unpaired) electrons. The van der Waals surface area contributed by atoms with E-state index in [0.717, 1.165) is 18.1 Å². The Hall–Kier alpha value is -1.68. The van der Waals surface area contributed by atoms with Crippen molar-refractivity contribution in [2.45, 2.75) is 15.4 Å². The maximum absolute atomic E-state index is 2.35. The lowest BCUT2D eigenvalue weighted by molar-refractivity contribution is -0.855. The van der Waals surface area contributed by atoms with E-state index in [4.69, 9.17) is 0 Å². The Balaban J connectivity index is 1.98. The van der Waals surface area contributed by atoms with Gasteiger partial charge in [0.2, 0.25) is 0 Å². The largest absolute Gasteiger partial charge is 0.339 e. The van der Waals surface area contributed by atoms with Gasteiger partial charge in [0.05, 0.1) is 25.4 Å². The fraction of sp³-hybridized carbons (Fsp3) is 0.250. The maximum atomic E-state index is 2.35. The molecule has 1 aliphatic heterocycles. The van der Waals surface area contributed by atoms with Gasteiger partial charge in [0.1, 0.15) is 0 Å². The van der Waals surface area contributed by atoms with Crippen LogP contribution in [0.4, 0.5) is 0 Å². The molecule has 0 unspecified atom stereocenters. The fourth-order valence-electron chi connectivity index (χ4n) is 3.80. The molecule has 138 valence electrons. The molecule has 3 aromatic rings. The highest BCUT2D eigenvalue weighted by Gasteiger charge is 2.41. The van der Waals surface area contributed by atoms with Crippen LogP contribution >= 0.6 is 23.5 Å². The van der Waals surface area contributed by atoms with E-state index in [2.05, 4.69) is 105 Å². The lowest BCUT2D eigenvalue weighted by Crippen LogP contribution is -3.06. The lowest BCUT2D eigenvalue weighted by Gasteiger charge is -2.36. The van der Waals surface area contributed by atoms with E-state index in [9.17, 15) is 0 Å². The van der Waals surface area contributed by atoms with Gasteiger partial charge in [0, 0.05) is 16.4 Å². The average Bonchev–Trinajstić information content (AvgIpc) is 2.84. The average molecular weight is 393 g/mol. The molecule has 0 spiro atoms. The summed E-state index contributed by atoms with van der Waals surface area (Å²) < 4.78 is -0.159. The summed E-state index contributed by atoms with van der Waals surface area (Å²) in [5.74, 6) is 2.14. The first-order valence-corrected chi connectivity index (χ1v) is 11.5. The van der Waals surface area contributed by atoms with Gasteiger partial charge in [-0.1, -0.05) is 72.8 Å². The summed E-state index contributed by atoms with van der Waals surface area (Å²) in [4.78, 5) is 2.90. The first-order chi connectivity index (χ1) is 13.2. The minimum atomic E-state index is -0.159. The van der Waals surface area contributed by atoms with E-state index in [1.54, 1.807) is 0 Å². The Morgan fingerprint density at radius 3 is 2.30 bits per heavy atom. The molecule has 0 saturated heterocycles. The second kappa shape index (κ2) is 8.14. The SMILES string of the molecule is C[NH+](C)CCS[C@@]1(c2ccccc2)c2ccccc2CSc2ccccc21. The Morgan fingerprint density at radius 2 is 1.52 bits per heavy atom. The predicted molar refractivity (Wildman–Crippen MR) is 119 cm³/mol. The first-order valence-electron chi connectivity index (χ1n) is 9.51. The maximum Gasteiger partial charge on any atom is 0.0922 e. The van der Waals surface area contributed by atoms with Crippen molar-refractivity contribution in [3.8, 4) is 0 Å². The van der Waals surface area contributed by atoms with E-state index in [0.29, 0.717) is 0 Å². The van der Waals surface area contributed by atoms with Crippen molar-refractivity contribution in [2.24, 2.45) is 0 Å². The fourth-order valence-corrected chi connectivity index (χ4v) is 6.79. The van der Waals surface area contributed by atoms with Crippen LogP contribution in [0.1, 0.15) is 22.3 Å². The number of rotatable bonds is 5. The quantitative estimate of drug-likeness (QED) is 0.683. The van der Waals surface area contributed by atoms with Crippen molar-refractivity contribution >= 4 is 23.5 Å². The molecular weight excluding hydrogens is 366 g/mol. The Kier molecular flexibility index (Phi) is 5.63. The van der Waals surface area contributed by atoms with Crippen LogP contribution in [0.2, 0.25) is 0 Å². The molecule has 0 bridgehead atoms. The highest BCUT2D eigenvalue weighted by molar-refractivity contribution is 8.01. The summed E-state index contributed by atoms with van der Waals surface area (Å²) in [7, 11) is 4.47. The van der Waals surface area contributed by atoms with Crippen molar-refractivity contribution in [3.63, 3.8) is 0 Å². The molecule has 1 N–H and O–H groups in total. The summed E-state index contributed by atoms with van der Waals surface area (Å²) in [6.07, 6.45) is 0. The van der Waals surface area contributed by atoms with Crippen molar-refractivity contribution in [1.82, 2.24) is 0 Å². The van der Waals surface area contributed by atoms with Crippen LogP contribution in [-0.4, -0.2) is 26.4 Å². The molecule has 4 rings (SSSR count). The molecule has 3 aromatic carbocycles. The van der Waals surface area contributed by atoms with E-state index in [1.165, 1.54) is 32.0 Å². The highest BCUT2D eigenvalue weighted by atomic mass is 32.2. The van der Waals surface area contributed by atoms with E-state index < -0.39 is 0 Å². The number of thioether (sulfide) groups is 2. The minimum absolute atomic E-state index is 0.159. The molecule has 3 heteroatoms. The van der Waals surface area contributed by atoms with Gasteiger partial charge in [-0.3, -0.25) is 0 Å². The summed E-state index contributed by atoms with van der Waals surface area (Å²) in [6, 6.07) is 29.1. The molecular formula is C24H26NS2+. The van der Waals surface area contributed by atoms with Gasteiger partial charge in [0.15, 0.2) is 0 Å². The molecule has 0 aliphatic carbocycles. The zero-order valence-electron chi connectivity index (χ0n) is 15.9. The molecule has 1 aliphatic rings. The second-order valence-electron chi connectivity index (χ2n) is 7.29. The van der Waals surface area contributed by atoms with Gasteiger partial charge < -0.3 is 4.90 Å². The van der Waals surface area contributed by atoms with Gasteiger partial charge in [-0.25, -0.2) is 0 Å². The van der Waals surface area contributed by atoms with E-state index in [1.807, 2.05) is 11.8 Å². The lowest BCUT2D eigenvalue weighted by atomic mass is 9.82. The topological polar surface area (TPSA) is 4.44 Å². The van der Waals surface area contributed by atoms with Crippen molar-refractivity contribution in [1.29, 1.82) is 0 Å². The Labute approximate surface area is 171 Å². The monoisotopic (exact) mass is 392 g/mol. The Bertz CT molecular complexity index is 858. The Morgan fingerprint density at radius 1 is 0.852 bits per heavy atom. The number of quaternary nitrogens is 1. The number of benzene rings is 3. The number of hydrogen-bond acceptors (Lipinski definition) is 2. The molecule has 27 heavy (non-hydrogen) atoms. The van der Waals surface area contributed by atoms with Gasteiger partial charge in [-0.2, -0.15) is 0 Å². The smallest absolute Gasteiger partial charge is 0.0922 e. The summed E-state index contributed by atoms with van der Waals surface area (Å²) >= 11 is 4.06. The molecule has 1 atom stereocenters. The normalized spacial score (nSPS) is 18.6. The molecule has 0 amide bonds. The second-order valence-corrected chi connectivity index (χ2v) is 9.62. The minimum Gasteiger partial charge on any atom is -0.339 e. The van der Waals surface area contributed by atoms with Crippen LogP contribution in [0.25, 0.3) is 0 Å². The van der Waals surface area contributed by atoms with Crippen molar-refractivity contribution in [3.05, 3.63) is 101 Å². The standard InChI is InChI=1S/C24H25NS2/c1-25(2)16-17-27-24(20-11-4-3-5-12-20)21-13-7-6-10-19(21)18-26-23-15-9-8-14-22(23)24/h3-15H,16-18H2,1-2H3/p+1/t24-/m0/s1. The zero-order valence-corrected chi connectivity index (χ0v) is 17.6. The van der Waals surface area contributed by atoms with Gasteiger partial charge in [-0.15, -0.1) is 23.5 Å². The third-order valence-electron chi connectivity index (χ3n) is 5.15. The number of nitrogens with one attached hydrogen (secondary N) is 1. The summed E-state index contributed by atoms with van der Waals surface area (Å²) in [5.41, 5.74) is 5.72. The zero-order chi connectivity index (χ0) is 18.7. The van der Waals surface area contributed by atoms with Crippen LogP contribution in [-0.2, 0) is 10.5 Å². The molecule has 1 heterocycles. The molecule has 0 saturated carbocycles.